The van der Waals surface area contributed by atoms with Gasteiger partial charge in [0.05, 0.1) is 11.3 Å². The molecule has 198 valence electrons. The van der Waals surface area contributed by atoms with E-state index < -0.39 is 11.7 Å². The van der Waals surface area contributed by atoms with Crippen LogP contribution in [0.15, 0.2) is 58.0 Å². The summed E-state index contributed by atoms with van der Waals surface area (Å²) in [5.74, 6) is 0. The zero-order valence-electron chi connectivity index (χ0n) is 22.3. The summed E-state index contributed by atoms with van der Waals surface area (Å²) in [6, 6.07) is 3.99. The van der Waals surface area contributed by atoms with Crippen LogP contribution in [0, 0.1) is 0 Å². The van der Waals surface area contributed by atoms with E-state index in [1.165, 1.54) is 63.4 Å². The monoisotopic (exact) mass is 511 g/mol. The number of halogens is 3. The SMILES string of the molecule is CC.CCC.CCN1C2=C(C=CC=CC2)Sc2ccc(C(F)(F)F)cc21.CCN1CCCNCC1. The van der Waals surface area contributed by atoms with Gasteiger partial charge in [-0.2, -0.15) is 13.2 Å². The number of alkyl halides is 3. The molecule has 2 heterocycles. The van der Waals surface area contributed by atoms with Crippen LogP contribution in [-0.4, -0.2) is 44.2 Å². The Labute approximate surface area is 215 Å². The number of hydrogen-bond donors (Lipinski definition) is 1. The fourth-order valence-corrected chi connectivity index (χ4v) is 4.87. The van der Waals surface area contributed by atoms with E-state index in [4.69, 9.17) is 0 Å². The molecule has 0 amide bonds. The molecule has 0 aromatic heterocycles. The number of nitrogens with zero attached hydrogens (tertiary/aromatic N) is 2. The number of thioether (sulfide) groups is 1. The van der Waals surface area contributed by atoms with Gasteiger partial charge in [0.2, 0.25) is 0 Å². The van der Waals surface area contributed by atoms with Gasteiger partial charge >= 0.3 is 6.18 Å². The van der Waals surface area contributed by atoms with Crippen LogP contribution in [0.25, 0.3) is 0 Å². The zero-order valence-corrected chi connectivity index (χ0v) is 23.2. The third-order valence-electron chi connectivity index (χ3n) is 5.41. The molecule has 0 atom stereocenters. The molecule has 3 aliphatic rings. The highest BCUT2D eigenvalue weighted by Gasteiger charge is 2.33. The fourth-order valence-electron chi connectivity index (χ4n) is 3.77. The summed E-state index contributed by atoms with van der Waals surface area (Å²) in [5, 5.41) is 3.37. The molecule has 2 aliphatic heterocycles. The summed E-state index contributed by atoms with van der Waals surface area (Å²) >= 11 is 1.54. The van der Waals surface area contributed by atoms with E-state index in [0.717, 1.165) is 28.0 Å². The molecular formula is C28H44F3N3S. The van der Waals surface area contributed by atoms with Crippen LogP contribution in [0.1, 0.15) is 66.4 Å². The average molecular weight is 512 g/mol. The van der Waals surface area contributed by atoms with Crippen molar-refractivity contribution in [3.05, 3.63) is 58.7 Å². The summed E-state index contributed by atoms with van der Waals surface area (Å²) in [4.78, 5) is 6.44. The predicted octanol–water partition coefficient (Wildman–Crippen LogP) is 8.11. The Morgan fingerprint density at radius 2 is 1.69 bits per heavy atom. The zero-order chi connectivity index (χ0) is 26.3. The highest BCUT2D eigenvalue weighted by Crippen LogP contribution is 2.47. The highest BCUT2D eigenvalue weighted by atomic mass is 32.2. The summed E-state index contributed by atoms with van der Waals surface area (Å²) in [6.07, 6.45) is 6.98. The van der Waals surface area contributed by atoms with Crippen LogP contribution < -0.4 is 10.2 Å². The lowest BCUT2D eigenvalue weighted by Crippen LogP contribution is -2.27. The molecule has 1 aliphatic carbocycles. The molecule has 0 radical (unpaired) electrons. The highest BCUT2D eigenvalue weighted by molar-refractivity contribution is 8.03. The van der Waals surface area contributed by atoms with E-state index >= 15 is 0 Å². The lowest BCUT2D eigenvalue weighted by molar-refractivity contribution is -0.137. The molecule has 1 aromatic rings. The number of anilines is 1. The van der Waals surface area contributed by atoms with Crippen LogP contribution in [0.2, 0.25) is 0 Å². The normalized spacial score (nSPS) is 17.3. The number of rotatable bonds is 2. The number of allylic oxidation sites excluding steroid dienone is 4. The van der Waals surface area contributed by atoms with Crippen LogP contribution in [0.3, 0.4) is 0 Å². The first-order valence-corrected chi connectivity index (χ1v) is 13.8. The molecule has 4 rings (SSSR count). The van der Waals surface area contributed by atoms with Gasteiger partial charge in [-0.05, 0) is 57.3 Å². The average Bonchev–Trinajstić information content (AvgIpc) is 3.26. The molecule has 0 unspecified atom stereocenters. The number of fused-ring (bicyclic) bond motifs is 1. The van der Waals surface area contributed by atoms with Crippen molar-refractivity contribution < 1.29 is 13.2 Å². The summed E-state index contributed by atoms with van der Waals surface area (Å²) in [6.45, 7) is 19.2. The van der Waals surface area contributed by atoms with Crippen molar-refractivity contribution >= 4 is 17.4 Å². The molecular weight excluding hydrogens is 467 g/mol. The van der Waals surface area contributed by atoms with Crippen molar-refractivity contribution in [2.45, 2.75) is 71.9 Å². The largest absolute Gasteiger partial charge is 0.416 e. The Balaban J connectivity index is 0.000000364. The van der Waals surface area contributed by atoms with Crippen molar-refractivity contribution in [3.63, 3.8) is 0 Å². The third-order valence-corrected chi connectivity index (χ3v) is 6.57. The van der Waals surface area contributed by atoms with E-state index in [-0.39, 0.29) is 0 Å². The molecule has 7 heteroatoms. The smallest absolute Gasteiger partial charge is 0.343 e. The second-order valence-corrected chi connectivity index (χ2v) is 9.16. The lowest BCUT2D eigenvalue weighted by atomic mass is 10.1. The molecule has 35 heavy (non-hydrogen) atoms. The Bertz CT molecular complexity index is 823. The van der Waals surface area contributed by atoms with Gasteiger partial charge in [-0.1, -0.05) is 71.0 Å². The van der Waals surface area contributed by atoms with Gasteiger partial charge in [0, 0.05) is 41.6 Å². The van der Waals surface area contributed by atoms with Gasteiger partial charge in [0.1, 0.15) is 0 Å². The Kier molecular flexibility index (Phi) is 15.1. The first-order valence-electron chi connectivity index (χ1n) is 13.0. The van der Waals surface area contributed by atoms with Gasteiger partial charge < -0.3 is 15.1 Å². The number of likely N-dealkylation sites (N-methyl/N-ethyl adjacent to an activating group) is 1. The van der Waals surface area contributed by atoms with Crippen LogP contribution in [0.4, 0.5) is 18.9 Å². The Morgan fingerprint density at radius 3 is 2.31 bits per heavy atom. The molecule has 1 aromatic carbocycles. The van der Waals surface area contributed by atoms with Gasteiger partial charge in [0.25, 0.3) is 0 Å². The Morgan fingerprint density at radius 1 is 0.971 bits per heavy atom. The first kappa shape index (κ1) is 31.3. The minimum Gasteiger partial charge on any atom is -0.343 e. The molecule has 1 N–H and O–H groups in total. The van der Waals surface area contributed by atoms with E-state index in [0.29, 0.717) is 12.2 Å². The first-order chi connectivity index (χ1) is 16.8. The van der Waals surface area contributed by atoms with E-state index in [1.54, 1.807) is 6.07 Å². The van der Waals surface area contributed by atoms with Gasteiger partial charge in [0.15, 0.2) is 0 Å². The van der Waals surface area contributed by atoms with E-state index in [1.807, 2.05) is 50.0 Å². The molecule has 1 fully saturated rings. The fraction of sp³-hybridized carbons (Fsp3) is 0.571. The second-order valence-electron chi connectivity index (χ2n) is 8.07. The number of benzene rings is 1. The lowest BCUT2D eigenvalue weighted by Gasteiger charge is -2.33. The van der Waals surface area contributed by atoms with Crippen molar-refractivity contribution in [3.8, 4) is 0 Å². The Hall–Kier alpha value is -1.70. The van der Waals surface area contributed by atoms with Gasteiger partial charge in [-0.15, -0.1) is 0 Å². The maximum Gasteiger partial charge on any atom is 0.416 e. The minimum atomic E-state index is -4.31. The van der Waals surface area contributed by atoms with E-state index in [9.17, 15) is 13.2 Å². The second kappa shape index (κ2) is 16.9. The molecule has 0 bridgehead atoms. The van der Waals surface area contributed by atoms with Crippen LogP contribution in [-0.2, 0) is 6.18 Å². The standard InChI is InChI=1S/C16H14F3NS.C7H16N2.C3H8.C2H6/c1-2-20-12-6-4-3-5-7-14(12)21-15-9-8-11(10-13(15)20)16(17,18)19;1-2-9-6-3-4-8-5-7-9;1-3-2;1-2/h3-5,7-10H,2,6H2,1H3;8H,2-7H2,1H3;3H2,1-2H3;1-2H3. The summed E-state index contributed by atoms with van der Waals surface area (Å²) in [5.41, 5.74) is 1.13. The van der Waals surface area contributed by atoms with Crippen molar-refractivity contribution in [2.75, 3.05) is 44.2 Å². The molecule has 0 saturated carbocycles. The number of nitrogens with one attached hydrogen (secondary N) is 1. The molecule has 3 nitrogen and oxygen atoms in total. The summed E-state index contributed by atoms with van der Waals surface area (Å²) in [7, 11) is 0. The van der Waals surface area contributed by atoms with Crippen molar-refractivity contribution in [1.82, 2.24) is 10.2 Å². The summed E-state index contributed by atoms with van der Waals surface area (Å²) < 4.78 is 38.8. The molecule has 0 spiro atoms. The topological polar surface area (TPSA) is 18.5 Å². The maximum atomic E-state index is 12.9. The van der Waals surface area contributed by atoms with Gasteiger partial charge in [-0.3, -0.25) is 0 Å². The third kappa shape index (κ3) is 10.1. The quantitative estimate of drug-likeness (QED) is 0.432. The van der Waals surface area contributed by atoms with E-state index in [2.05, 4.69) is 31.0 Å². The number of hydrogen-bond acceptors (Lipinski definition) is 4. The van der Waals surface area contributed by atoms with Crippen LogP contribution in [0.5, 0.6) is 0 Å². The van der Waals surface area contributed by atoms with Crippen molar-refractivity contribution in [1.29, 1.82) is 0 Å². The van der Waals surface area contributed by atoms with Gasteiger partial charge in [-0.25, -0.2) is 0 Å². The van der Waals surface area contributed by atoms with Crippen LogP contribution >= 0.6 is 11.8 Å². The molecule has 1 saturated heterocycles. The predicted molar refractivity (Wildman–Crippen MR) is 147 cm³/mol. The maximum absolute atomic E-state index is 12.9. The van der Waals surface area contributed by atoms with Crippen molar-refractivity contribution in [2.24, 2.45) is 0 Å². The minimum absolute atomic E-state index is 0.593.